The zero-order valence-corrected chi connectivity index (χ0v) is 14.6. The summed E-state index contributed by atoms with van der Waals surface area (Å²) in [4.78, 5) is 27.1. The molecule has 1 heterocycles. The highest BCUT2D eigenvalue weighted by Gasteiger charge is 2.43. The number of nitrogens with zero attached hydrogens (tertiary/aromatic N) is 2. The minimum atomic E-state index is -0.724. The molecule has 5 nitrogen and oxygen atoms in total. The predicted octanol–water partition coefficient (Wildman–Crippen LogP) is 3.63. The van der Waals surface area contributed by atoms with Gasteiger partial charge in [0.25, 0.3) is 5.91 Å². The van der Waals surface area contributed by atoms with Crippen LogP contribution in [0.1, 0.15) is 26.3 Å². The molecule has 122 valence electrons. The van der Waals surface area contributed by atoms with Crippen LogP contribution in [0.5, 0.6) is 0 Å². The van der Waals surface area contributed by atoms with E-state index in [1.165, 1.54) is 4.90 Å². The van der Waals surface area contributed by atoms with Crippen LogP contribution in [0.4, 0.5) is 4.79 Å². The van der Waals surface area contributed by atoms with Gasteiger partial charge in [-0.3, -0.25) is 9.69 Å². The third kappa shape index (κ3) is 3.89. The molecule has 1 fully saturated rings. The molecular formula is C16H17ClN2O3S. The molecule has 0 unspecified atom stereocenters. The number of halogens is 1. The number of hydrogen-bond acceptors (Lipinski definition) is 4. The van der Waals surface area contributed by atoms with Gasteiger partial charge in [-0.1, -0.05) is 41.9 Å². The first-order valence-corrected chi connectivity index (χ1v) is 7.82. The van der Waals surface area contributed by atoms with Gasteiger partial charge < -0.3 is 4.74 Å². The largest absolute Gasteiger partial charge is 0.443 e. The molecule has 0 N–H and O–H groups in total. The van der Waals surface area contributed by atoms with Crippen molar-refractivity contribution < 1.29 is 14.3 Å². The van der Waals surface area contributed by atoms with E-state index in [0.29, 0.717) is 0 Å². The monoisotopic (exact) mass is 352 g/mol. The standard InChI is InChI=1S/C16H17ClN2O3S/c1-16(2,3)22-15(21)19-12(9-17)13(20)18(14(19)23)10-11-7-5-4-6-8-11/h4-9H,10H2,1-3H3/b12-9-. The van der Waals surface area contributed by atoms with Crippen molar-refractivity contribution in [2.75, 3.05) is 0 Å². The van der Waals surface area contributed by atoms with Crippen molar-refractivity contribution in [1.82, 2.24) is 9.80 Å². The lowest BCUT2D eigenvalue weighted by Crippen LogP contribution is -2.39. The summed E-state index contributed by atoms with van der Waals surface area (Å²) in [5, 5.41) is 0.0556. The van der Waals surface area contributed by atoms with Crippen LogP contribution in [-0.4, -0.2) is 32.5 Å². The van der Waals surface area contributed by atoms with E-state index in [2.05, 4.69) is 0 Å². The predicted molar refractivity (Wildman–Crippen MR) is 91.6 cm³/mol. The van der Waals surface area contributed by atoms with Gasteiger partial charge in [0.15, 0.2) is 5.11 Å². The fraction of sp³-hybridized carbons (Fsp3) is 0.312. The SMILES string of the molecule is CC(C)(C)OC(=O)N1C(=S)N(Cc2ccccc2)C(=O)/C1=C/Cl. The van der Waals surface area contributed by atoms with Crippen LogP contribution >= 0.6 is 23.8 Å². The van der Waals surface area contributed by atoms with Crippen molar-refractivity contribution in [3.63, 3.8) is 0 Å². The van der Waals surface area contributed by atoms with E-state index in [-0.39, 0.29) is 17.4 Å². The molecule has 0 saturated carbocycles. The van der Waals surface area contributed by atoms with Crippen LogP contribution in [0.15, 0.2) is 41.6 Å². The van der Waals surface area contributed by atoms with Gasteiger partial charge in [-0.25, -0.2) is 9.69 Å². The minimum absolute atomic E-state index is 0.0122. The summed E-state index contributed by atoms with van der Waals surface area (Å²) in [5.41, 5.74) is 1.22. The number of hydrogen-bond donors (Lipinski definition) is 0. The maximum absolute atomic E-state index is 12.5. The Balaban J connectivity index is 2.26. The lowest BCUT2D eigenvalue weighted by atomic mass is 10.2. The van der Waals surface area contributed by atoms with Crippen molar-refractivity contribution in [2.24, 2.45) is 0 Å². The van der Waals surface area contributed by atoms with Crippen LogP contribution in [0.25, 0.3) is 0 Å². The fourth-order valence-corrected chi connectivity index (χ4v) is 2.54. The van der Waals surface area contributed by atoms with Gasteiger partial charge in [0.1, 0.15) is 11.3 Å². The summed E-state index contributed by atoms with van der Waals surface area (Å²) in [6.07, 6.45) is -0.724. The Hall–Kier alpha value is -1.92. The summed E-state index contributed by atoms with van der Waals surface area (Å²) >= 11 is 11.0. The van der Waals surface area contributed by atoms with E-state index in [0.717, 1.165) is 16.0 Å². The number of rotatable bonds is 2. The number of amides is 2. The van der Waals surface area contributed by atoms with Gasteiger partial charge in [0, 0.05) is 5.54 Å². The molecule has 2 amide bonds. The number of ether oxygens (including phenoxy) is 1. The molecule has 0 bridgehead atoms. The lowest BCUT2D eigenvalue weighted by Gasteiger charge is -2.24. The second-order valence-corrected chi connectivity index (χ2v) is 6.55. The second kappa shape index (κ2) is 6.68. The zero-order valence-electron chi connectivity index (χ0n) is 13.1. The highest BCUT2D eigenvalue weighted by molar-refractivity contribution is 7.80. The van der Waals surface area contributed by atoms with Crippen molar-refractivity contribution in [3.8, 4) is 0 Å². The van der Waals surface area contributed by atoms with Gasteiger partial charge in [0.2, 0.25) is 0 Å². The summed E-state index contributed by atoms with van der Waals surface area (Å²) < 4.78 is 5.29. The highest BCUT2D eigenvalue weighted by Crippen LogP contribution is 2.26. The number of benzene rings is 1. The maximum atomic E-state index is 12.5. The zero-order chi connectivity index (χ0) is 17.2. The Morgan fingerprint density at radius 3 is 2.43 bits per heavy atom. The lowest BCUT2D eigenvalue weighted by molar-refractivity contribution is -0.123. The van der Waals surface area contributed by atoms with E-state index >= 15 is 0 Å². The van der Waals surface area contributed by atoms with E-state index in [4.69, 9.17) is 28.6 Å². The van der Waals surface area contributed by atoms with Gasteiger partial charge in [-0.15, -0.1) is 0 Å². The van der Waals surface area contributed by atoms with Crippen LogP contribution in [-0.2, 0) is 16.1 Å². The van der Waals surface area contributed by atoms with Gasteiger partial charge >= 0.3 is 6.09 Å². The Morgan fingerprint density at radius 2 is 1.91 bits per heavy atom. The first kappa shape index (κ1) is 17.4. The summed E-state index contributed by atoms with van der Waals surface area (Å²) in [7, 11) is 0. The van der Waals surface area contributed by atoms with E-state index < -0.39 is 17.6 Å². The molecule has 2 rings (SSSR count). The third-order valence-corrected chi connectivity index (χ3v) is 3.60. The van der Waals surface area contributed by atoms with Crippen LogP contribution in [0.3, 0.4) is 0 Å². The molecule has 0 atom stereocenters. The molecular weight excluding hydrogens is 336 g/mol. The third-order valence-electron chi connectivity index (χ3n) is 2.99. The quantitative estimate of drug-likeness (QED) is 0.602. The van der Waals surface area contributed by atoms with Crippen LogP contribution in [0, 0.1) is 0 Å². The Labute approximate surface area is 145 Å². The van der Waals surface area contributed by atoms with Crippen molar-refractivity contribution >= 4 is 40.9 Å². The Kier molecular flexibility index (Phi) is 5.06. The van der Waals surface area contributed by atoms with Gasteiger partial charge in [0.05, 0.1) is 6.54 Å². The Morgan fingerprint density at radius 1 is 1.30 bits per heavy atom. The topological polar surface area (TPSA) is 49.9 Å². The summed E-state index contributed by atoms with van der Waals surface area (Å²) in [6.45, 7) is 5.46. The normalized spacial score (nSPS) is 17.1. The minimum Gasteiger partial charge on any atom is -0.443 e. The van der Waals surface area contributed by atoms with E-state index in [9.17, 15) is 9.59 Å². The molecule has 1 aromatic rings. The summed E-state index contributed by atoms with van der Waals surface area (Å²) in [6, 6.07) is 9.35. The molecule has 1 aliphatic rings. The molecule has 0 aromatic heterocycles. The average Bonchev–Trinajstić information content (AvgIpc) is 2.70. The smallest absolute Gasteiger partial charge is 0.421 e. The molecule has 1 aliphatic heterocycles. The maximum Gasteiger partial charge on any atom is 0.421 e. The molecule has 0 aliphatic carbocycles. The first-order valence-electron chi connectivity index (χ1n) is 6.98. The van der Waals surface area contributed by atoms with Crippen molar-refractivity contribution in [2.45, 2.75) is 32.9 Å². The van der Waals surface area contributed by atoms with Crippen molar-refractivity contribution in [1.29, 1.82) is 0 Å². The molecule has 1 aromatic carbocycles. The number of carbonyl (C=O) groups excluding carboxylic acids is 2. The number of thiocarbonyl (C=S) groups is 1. The first-order chi connectivity index (χ1) is 10.7. The van der Waals surface area contributed by atoms with Gasteiger partial charge in [-0.2, -0.15) is 0 Å². The molecule has 7 heteroatoms. The summed E-state index contributed by atoms with van der Waals surface area (Å²) in [5.74, 6) is -0.431. The van der Waals surface area contributed by atoms with E-state index in [1.54, 1.807) is 20.8 Å². The number of carbonyl (C=O) groups is 2. The van der Waals surface area contributed by atoms with Crippen LogP contribution in [0.2, 0.25) is 0 Å². The molecule has 0 radical (unpaired) electrons. The fourth-order valence-electron chi connectivity index (χ4n) is 2.03. The van der Waals surface area contributed by atoms with Gasteiger partial charge in [-0.05, 0) is 38.6 Å². The van der Waals surface area contributed by atoms with Crippen molar-refractivity contribution in [3.05, 3.63) is 47.1 Å². The second-order valence-electron chi connectivity index (χ2n) is 5.97. The average molecular weight is 353 g/mol. The highest BCUT2D eigenvalue weighted by atomic mass is 35.5. The molecule has 23 heavy (non-hydrogen) atoms. The molecule has 0 spiro atoms. The van der Waals surface area contributed by atoms with Crippen LogP contribution < -0.4 is 0 Å². The molecule has 1 saturated heterocycles. The van der Waals surface area contributed by atoms with E-state index in [1.807, 2.05) is 30.3 Å². The Bertz CT molecular complexity index is 668.